The molecule has 0 atom stereocenters. The van der Waals surface area contributed by atoms with E-state index in [0.29, 0.717) is 6.54 Å². The zero-order valence-corrected chi connectivity index (χ0v) is 16.1. The molecular formula is C20H24N4O4. The predicted molar refractivity (Wildman–Crippen MR) is 104 cm³/mol. The Kier molecular flexibility index (Phi) is 7.08. The van der Waals surface area contributed by atoms with Crippen molar-refractivity contribution in [2.75, 3.05) is 6.61 Å². The lowest BCUT2D eigenvalue weighted by molar-refractivity contribution is -0.143. The molecule has 148 valence electrons. The highest BCUT2D eigenvalue weighted by molar-refractivity contribution is 5.96. The van der Waals surface area contributed by atoms with Gasteiger partial charge in [0.1, 0.15) is 0 Å². The highest BCUT2D eigenvalue weighted by Gasteiger charge is 2.16. The van der Waals surface area contributed by atoms with Crippen molar-refractivity contribution < 1.29 is 19.1 Å². The van der Waals surface area contributed by atoms with Crippen LogP contribution < -0.4 is 10.6 Å². The number of imide groups is 1. The van der Waals surface area contributed by atoms with Crippen LogP contribution in [0.3, 0.4) is 0 Å². The Bertz CT molecular complexity index is 851. The summed E-state index contributed by atoms with van der Waals surface area (Å²) < 4.78 is 6.57. The van der Waals surface area contributed by atoms with E-state index in [1.54, 1.807) is 43.9 Å². The van der Waals surface area contributed by atoms with E-state index in [4.69, 9.17) is 4.74 Å². The van der Waals surface area contributed by atoms with Crippen molar-refractivity contribution in [3.05, 3.63) is 59.9 Å². The Morgan fingerprint density at radius 3 is 2.57 bits per heavy atom. The Balaban J connectivity index is 1.76. The summed E-state index contributed by atoms with van der Waals surface area (Å²) in [6, 6.07) is 9.22. The highest BCUT2D eigenvalue weighted by Crippen LogP contribution is 2.05. The fourth-order valence-corrected chi connectivity index (χ4v) is 2.21. The van der Waals surface area contributed by atoms with Gasteiger partial charge in [0.2, 0.25) is 0 Å². The standard InChI is InChI=1S/C20H24N4O4/c1-20(2,3)23-19(27)22-17(25)14-28-18(26)10-9-16-11-21-24(13-16)12-15-7-5-4-6-8-15/h4-11,13H,12,14H2,1-3H3,(H2,22,23,25,27)/b10-9+. The van der Waals surface area contributed by atoms with Crippen molar-refractivity contribution in [3.63, 3.8) is 0 Å². The van der Waals surface area contributed by atoms with Crippen LogP contribution in [0.4, 0.5) is 4.79 Å². The van der Waals surface area contributed by atoms with E-state index < -0.39 is 30.1 Å². The Hall–Kier alpha value is -3.42. The molecule has 0 unspecified atom stereocenters. The fraction of sp³-hybridized carbons (Fsp3) is 0.300. The predicted octanol–water partition coefficient (Wildman–Crippen LogP) is 2.11. The number of aromatic nitrogens is 2. The maximum absolute atomic E-state index is 11.7. The van der Waals surface area contributed by atoms with Gasteiger partial charge in [-0.15, -0.1) is 0 Å². The largest absolute Gasteiger partial charge is 0.452 e. The van der Waals surface area contributed by atoms with E-state index in [-0.39, 0.29) is 0 Å². The number of nitrogens with one attached hydrogen (secondary N) is 2. The van der Waals surface area contributed by atoms with Gasteiger partial charge in [-0.05, 0) is 32.4 Å². The lowest BCUT2D eigenvalue weighted by atomic mass is 10.1. The number of carbonyl (C=O) groups excluding carboxylic acids is 3. The van der Waals surface area contributed by atoms with Crippen molar-refractivity contribution in [1.82, 2.24) is 20.4 Å². The van der Waals surface area contributed by atoms with Crippen LogP contribution >= 0.6 is 0 Å². The van der Waals surface area contributed by atoms with Crippen LogP contribution in [-0.2, 0) is 20.9 Å². The van der Waals surface area contributed by atoms with Crippen LogP contribution in [0.15, 0.2) is 48.8 Å². The molecule has 2 N–H and O–H groups in total. The van der Waals surface area contributed by atoms with Gasteiger partial charge in [0.15, 0.2) is 6.61 Å². The van der Waals surface area contributed by atoms with E-state index in [1.807, 2.05) is 30.3 Å². The van der Waals surface area contributed by atoms with Crippen LogP contribution in [0.1, 0.15) is 31.9 Å². The molecule has 0 aliphatic heterocycles. The topological polar surface area (TPSA) is 102 Å². The van der Waals surface area contributed by atoms with E-state index in [0.717, 1.165) is 11.1 Å². The molecule has 3 amide bonds. The van der Waals surface area contributed by atoms with Gasteiger partial charge in [-0.2, -0.15) is 5.10 Å². The van der Waals surface area contributed by atoms with Gasteiger partial charge in [-0.3, -0.25) is 14.8 Å². The van der Waals surface area contributed by atoms with Crippen molar-refractivity contribution in [3.8, 4) is 0 Å². The third kappa shape index (κ3) is 7.86. The lowest BCUT2D eigenvalue weighted by Crippen LogP contribution is -2.49. The van der Waals surface area contributed by atoms with Crippen LogP contribution in [0, 0.1) is 0 Å². The molecule has 8 heteroatoms. The average Bonchev–Trinajstić information content (AvgIpc) is 3.04. The molecule has 0 bridgehead atoms. The lowest BCUT2D eigenvalue weighted by Gasteiger charge is -2.20. The molecule has 0 radical (unpaired) electrons. The number of hydrogen-bond donors (Lipinski definition) is 2. The normalized spacial score (nSPS) is 11.2. The molecule has 28 heavy (non-hydrogen) atoms. The molecule has 0 fully saturated rings. The van der Waals surface area contributed by atoms with Gasteiger partial charge in [-0.25, -0.2) is 9.59 Å². The van der Waals surface area contributed by atoms with Gasteiger partial charge < -0.3 is 10.1 Å². The summed E-state index contributed by atoms with van der Waals surface area (Å²) in [5.74, 6) is -1.40. The number of carbonyl (C=O) groups is 3. The summed E-state index contributed by atoms with van der Waals surface area (Å²) in [4.78, 5) is 34.9. The number of esters is 1. The molecule has 2 rings (SSSR count). The summed E-state index contributed by atoms with van der Waals surface area (Å²) in [7, 11) is 0. The number of urea groups is 1. The molecule has 0 aliphatic carbocycles. The average molecular weight is 384 g/mol. The molecule has 1 aromatic carbocycles. The zero-order valence-electron chi connectivity index (χ0n) is 16.1. The van der Waals surface area contributed by atoms with Gasteiger partial charge >= 0.3 is 12.0 Å². The van der Waals surface area contributed by atoms with Gasteiger partial charge in [0, 0.05) is 23.4 Å². The first-order chi connectivity index (χ1) is 13.2. The SMILES string of the molecule is CC(C)(C)NC(=O)NC(=O)COC(=O)/C=C/c1cnn(Cc2ccccc2)c1. The zero-order chi connectivity index (χ0) is 20.6. The number of nitrogens with zero attached hydrogens (tertiary/aromatic N) is 2. The molecule has 0 saturated heterocycles. The second-order valence-electron chi connectivity index (χ2n) is 7.15. The van der Waals surface area contributed by atoms with Crippen molar-refractivity contribution in [2.45, 2.75) is 32.9 Å². The minimum atomic E-state index is -0.709. The fourth-order valence-electron chi connectivity index (χ4n) is 2.21. The van der Waals surface area contributed by atoms with E-state index in [2.05, 4.69) is 15.7 Å². The summed E-state index contributed by atoms with van der Waals surface area (Å²) in [5.41, 5.74) is 1.36. The third-order valence-corrected chi connectivity index (χ3v) is 3.34. The number of ether oxygens (including phenoxy) is 1. The number of benzene rings is 1. The van der Waals surface area contributed by atoms with E-state index in [9.17, 15) is 14.4 Å². The summed E-state index contributed by atoms with van der Waals surface area (Å²) in [6.45, 7) is 5.42. The summed E-state index contributed by atoms with van der Waals surface area (Å²) in [6.07, 6.45) is 6.16. The maximum atomic E-state index is 11.7. The first-order valence-corrected chi connectivity index (χ1v) is 8.74. The van der Waals surface area contributed by atoms with Gasteiger partial charge in [0.05, 0.1) is 12.7 Å². The molecule has 8 nitrogen and oxygen atoms in total. The minimum Gasteiger partial charge on any atom is -0.452 e. The maximum Gasteiger partial charge on any atom is 0.331 e. The summed E-state index contributed by atoms with van der Waals surface area (Å²) >= 11 is 0. The Morgan fingerprint density at radius 2 is 1.89 bits per heavy atom. The van der Waals surface area contributed by atoms with E-state index >= 15 is 0 Å². The first kappa shape index (κ1) is 20.9. The molecule has 0 spiro atoms. The van der Waals surface area contributed by atoms with Crippen LogP contribution in [0.5, 0.6) is 0 Å². The van der Waals surface area contributed by atoms with Crippen LogP contribution in [-0.4, -0.2) is 39.8 Å². The quantitative estimate of drug-likeness (QED) is 0.587. The van der Waals surface area contributed by atoms with Crippen LogP contribution in [0.2, 0.25) is 0 Å². The van der Waals surface area contributed by atoms with E-state index in [1.165, 1.54) is 6.08 Å². The summed E-state index contributed by atoms with van der Waals surface area (Å²) in [5, 5.41) is 8.89. The van der Waals surface area contributed by atoms with Gasteiger partial charge in [0.25, 0.3) is 5.91 Å². The second kappa shape index (κ2) is 9.50. The highest BCUT2D eigenvalue weighted by atomic mass is 16.5. The number of rotatable bonds is 6. The Morgan fingerprint density at radius 1 is 1.18 bits per heavy atom. The number of hydrogen-bond acceptors (Lipinski definition) is 5. The molecule has 0 aliphatic rings. The van der Waals surface area contributed by atoms with Crippen molar-refractivity contribution >= 4 is 24.0 Å². The molecule has 1 aromatic heterocycles. The first-order valence-electron chi connectivity index (χ1n) is 8.74. The van der Waals surface area contributed by atoms with Crippen molar-refractivity contribution in [2.24, 2.45) is 0 Å². The minimum absolute atomic E-state index is 0.477. The smallest absolute Gasteiger partial charge is 0.331 e. The molecule has 1 heterocycles. The third-order valence-electron chi connectivity index (χ3n) is 3.34. The van der Waals surface area contributed by atoms with Gasteiger partial charge in [-0.1, -0.05) is 30.3 Å². The van der Waals surface area contributed by atoms with Crippen molar-refractivity contribution in [1.29, 1.82) is 0 Å². The monoisotopic (exact) mass is 384 g/mol. The Labute approximate surface area is 163 Å². The number of amides is 3. The molecular weight excluding hydrogens is 360 g/mol. The molecule has 2 aromatic rings. The molecule has 0 saturated carbocycles. The second-order valence-corrected chi connectivity index (χ2v) is 7.15. The van der Waals surface area contributed by atoms with Crippen LogP contribution in [0.25, 0.3) is 6.08 Å².